The Morgan fingerprint density at radius 3 is 2.71 bits per heavy atom. The van der Waals surface area contributed by atoms with Gasteiger partial charge >= 0.3 is 0 Å². The van der Waals surface area contributed by atoms with E-state index >= 15 is 0 Å². The second-order valence-electron chi connectivity index (χ2n) is 5.01. The smallest absolute Gasteiger partial charge is 0.251 e. The molecule has 1 aliphatic rings. The lowest BCUT2D eigenvalue weighted by molar-refractivity contribution is 0.332. The molecule has 2 rings (SSSR count). The van der Waals surface area contributed by atoms with Gasteiger partial charge in [0, 0.05) is 11.8 Å². The highest BCUT2D eigenvalue weighted by molar-refractivity contribution is 7.71. The normalized spacial score (nSPS) is 17.2. The average Bonchev–Trinajstić information content (AvgIpc) is 2.29. The molecule has 1 saturated carbocycles. The molecule has 1 aromatic rings. The fraction of sp³-hybridized carbons (Fsp3) is 0.692. The molecule has 17 heavy (non-hydrogen) atoms. The van der Waals surface area contributed by atoms with E-state index in [-0.39, 0.29) is 5.56 Å². The van der Waals surface area contributed by atoms with Gasteiger partial charge in [0.25, 0.3) is 5.56 Å². The third-order valence-electron chi connectivity index (χ3n) is 3.60. The Bertz CT molecular complexity index is 429. The van der Waals surface area contributed by atoms with Gasteiger partial charge in [-0.1, -0.05) is 38.5 Å². The highest BCUT2D eigenvalue weighted by Crippen LogP contribution is 2.27. The van der Waals surface area contributed by atoms with E-state index in [0.29, 0.717) is 4.77 Å². The molecule has 0 atom stereocenters. The summed E-state index contributed by atoms with van der Waals surface area (Å²) in [6.45, 7) is 0. The molecular weight excluding hydrogens is 232 g/mol. The number of rotatable bonds is 4. The SMILES string of the molecule is O=c1cc(CCCC2CCCCC2)[nH]c(=S)[nH]1. The average molecular weight is 252 g/mol. The molecule has 1 fully saturated rings. The number of nitrogens with one attached hydrogen (secondary N) is 2. The van der Waals surface area contributed by atoms with Crippen molar-refractivity contribution in [2.24, 2.45) is 5.92 Å². The highest BCUT2D eigenvalue weighted by Gasteiger charge is 2.12. The van der Waals surface area contributed by atoms with Crippen molar-refractivity contribution in [1.82, 2.24) is 9.97 Å². The van der Waals surface area contributed by atoms with E-state index in [9.17, 15) is 4.79 Å². The Hall–Kier alpha value is -0.900. The van der Waals surface area contributed by atoms with Crippen LogP contribution in [0.1, 0.15) is 50.6 Å². The van der Waals surface area contributed by atoms with Crippen molar-refractivity contribution in [1.29, 1.82) is 0 Å². The number of aromatic nitrogens is 2. The molecule has 0 radical (unpaired) electrons. The summed E-state index contributed by atoms with van der Waals surface area (Å²) in [5.74, 6) is 0.911. The van der Waals surface area contributed by atoms with Gasteiger partial charge in [-0.05, 0) is 31.0 Å². The summed E-state index contributed by atoms with van der Waals surface area (Å²) >= 11 is 4.95. The van der Waals surface area contributed by atoms with Gasteiger partial charge in [-0.3, -0.25) is 9.78 Å². The van der Waals surface area contributed by atoms with Crippen LogP contribution in [0.5, 0.6) is 0 Å². The van der Waals surface area contributed by atoms with Crippen molar-refractivity contribution in [2.45, 2.75) is 51.4 Å². The van der Waals surface area contributed by atoms with Crippen LogP contribution in [0, 0.1) is 10.7 Å². The van der Waals surface area contributed by atoms with Gasteiger partial charge in [0.2, 0.25) is 0 Å². The maximum absolute atomic E-state index is 11.2. The monoisotopic (exact) mass is 252 g/mol. The van der Waals surface area contributed by atoms with Gasteiger partial charge in [0.1, 0.15) is 0 Å². The summed E-state index contributed by atoms with van der Waals surface area (Å²) in [4.78, 5) is 16.8. The summed E-state index contributed by atoms with van der Waals surface area (Å²) < 4.78 is 0.435. The predicted octanol–water partition coefficient (Wildman–Crippen LogP) is 3.34. The van der Waals surface area contributed by atoms with E-state index in [0.717, 1.165) is 24.5 Å². The lowest BCUT2D eigenvalue weighted by atomic mass is 9.85. The Balaban J connectivity index is 1.81. The van der Waals surface area contributed by atoms with Crippen LogP contribution in [0.4, 0.5) is 0 Å². The molecule has 1 heterocycles. The molecule has 0 aliphatic heterocycles. The van der Waals surface area contributed by atoms with Gasteiger partial charge in [-0.15, -0.1) is 0 Å². The quantitative estimate of drug-likeness (QED) is 0.807. The Morgan fingerprint density at radius 2 is 2.00 bits per heavy atom. The second-order valence-corrected chi connectivity index (χ2v) is 5.42. The van der Waals surface area contributed by atoms with Crippen molar-refractivity contribution in [3.63, 3.8) is 0 Å². The number of hydrogen-bond acceptors (Lipinski definition) is 2. The molecule has 0 spiro atoms. The molecule has 94 valence electrons. The first kappa shape index (κ1) is 12.6. The van der Waals surface area contributed by atoms with Crippen LogP contribution in [-0.2, 0) is 6.42 Å². The third kappa shape index (κ3) is 4.11. The van der Waals surface area contributed by atoms with Gasteiger partial charge in [0.05, 0.1) is 0 Å². The lowest BCUT2D eigenvalue weighted by Crippen LogP contribution is -2.10. The van der Waals surface area contributed by atoms with E-state index < -0.39 is 0 Å². The van der Waals surface area contributed by atoms with Crippen LogP contribution >= 0.6 is 12.2 Å². The van der Waals surface area contributed by atoms with Gasteiger partial charge < -0.3 is 4.98 Å². The molecule has 1 aliphatic carbocycles. The maximum atomic E-state index is 11.2. The first-order chi connectivity index (χ1) is 8.24. The zero-order valence-corrected chi connectivity index (χ0v) is 10.9. The minimum atomic E-state index is -0.0959. The van der Waals surface area contributed by atoms with Gasteiger partial charge in [-0.25, -0.2) is 0 Å². The Morgan fingerprint density at radius 1 is 1.24 bits per heavy atom. The molecule has 0 saturated heterocycles. The number of H-pyrrole nitrogens is 2. The molecule has 4 heteroatoms. The van der Waals surface area contributed by atoms with Crippen LogP contribution in [0.25, 0.3) is 0 Å². The van der Waals surface area contributed by atoms with Crippen molar-refractivity contribution < 1.29 is 0 Å². The Labute approximate surface area is 107 Å². The largest absolute Gasteiger partial charge is 0.336 e. The number of aryl methyl sites for hydroxylation is 1. The van der Waals surface area contributed by atoms with Crippen LogP contribution in [-0.4, -0.2) is 9.97 Å². The minimum Gasteiger partial charge on any atom is -0.336 e. The first-order valence-electron chi connectivity index (χ1n) is 6.56. The van der Waals surface area contributed by atoms with E-state index in [1.165, 1.54) is 38.5 Å². The summed E-state index contributed by atoms with van der Waals surface area (Å²) in [6, 6.07) is 1.62. The van der Waals surface area contributed by atoms with E-state index in [1.54, 1.807) is 6.07 Å². The highest BCUT2D eigenvalue weighted by atomic mass is 32.1. The van der Waals surface area contributed by atoms with Crippen molar-refractivity contribution >= 4 is 12.2 Å². The molecule has 0 aromatic carbocycles. The predicted molar refractivity (Wildman–Crippen MR) is 71.8 cm³/mol. The molecule has 0 unspecified atom stereocenters. The molecule has 1 aromatic heterocycles. The topological polar surface area (TPSA) is 48.6 Å². The van der Waals surface area contributed by atoms with Crippen LogP contribution in [0.2, 0.25) is 0 Å². The van der Waals surface area contributed by atoms with E-state index in [1.807, 2.05) is 0 Å². The number of hydrogen-bond donors (Lipinski definition) is 2. The summed E-state index contributed by atoms with van der Waals surface area (Å²) in [7, 11) is 0. The minimum absolute atomic E-state index is 0.0959. The summed E-state index contributed by atoms with van der Waals surface area (Å²) in [5, 5.41) is 0. The Kier molecular flexibility index (Phi) is 4.54. The molecular formula is C13H20N2OS. The van der Waals surface area contributed by atoms with Gasteiger partial charge in [0.15, 0.2) is 4.77 Å². The lowest BCUT2D eigenvalue weighted by Gasteiger charge is -2.21. The zero-order chi connectivity index (χ0) is 12.1. The molecule has 3 nitrogen and oxygen atoms in total. The molecule has 2 N–H and O–H groups in total. The van der Waals surface area contributed by atoms with Crippen molar-refractivity contribution in [3.8, 4) is 0 Å². The summed E-state index contributed by atoms with van der Waals surface area (Å²) in [6.07, 6.45) is 10.4. The van der Waals surface area contributed by atoms with Gasteiger partial charge in [-0.2, -0.15) is 0 Å². The zero-order valence-electron chi connectivity index (χ0n) is 10.1. The fourth-order valence-corrected chi connectivity index (χ4v) is 2.94. The standard InChI is InChI=1S/C13H20N2OS/c16-12-9-11(14-13(17)15-12)8-4-7-10-5-2-1-3-6-10/h9-10H,1-8H2,(H2,14,15,16,17). The second kappa shape index (κ2) is 6.15. The molecule has 0 amide bonds. The van der Waals surface area contributed by atoms with Crippen LogP contribution in [0.3, 0.4) is 0 Å². The number of aromatic amines is 2. The van der Waals surface area contributed by atoms with E-state index in [2.05, 4.69) is 9.97 Å². The van der Waals surface area contributed by atoms with Crippen molar-refractivity contribution in [2.75, 3.05) is 0 Å². The van der Waals surface area contributed by atoms with E-state index in [4.69, 9.17) is 12.2 Å². The fourth-order valence-electron chi connectivity index (χ4n) is 2.71. The first-order valence-corrected chi connectivity index (χ1v) is 6.97. The summed E-state index contributed by atoms with van der Waals surface area (Å²) in [5.41, 5.74) is 0.871. The van der Waals surface area contributed by atoms with Crippen molar-refractivity contribution in [3.05, 3.63) is 26.9 Å². The molecule has 0 bridgehead atoms. The third-order valence-corrected chi connectivity index (χ3v) is 3.80. The van der Waals surface area contributed by atoms with Crippen LogP contribution < -0.4 is 5.56 Å². The van der Waals surface area contributed by atoms with Crippen LogP contribution in [0.15, 0.2) is 10.9 Å². The maximum Gasteiger partial charge on any atom is 0.251 e.